The Hall–Kier alpha value is -0.0800. The third-order valence-electron chi connectivity index (χ3n) is 2.51. The van der Waals surface area contributed by atoms with E-state index in [1.54, 1.807) is 0 Å². The first-order chi connectivity index (χ1) is 5.25. The Morgan fingerprint density at radius 3 is 2.36 bits per heavy atom. The van der Waals surface area contributed by atoms with Crippen LogP contribution in [0, 0.1) is 6.42 Å². The minimum Gasteiger partial charge on any atom is -0.395 e. The van der Waals surface area contributed by atoms with Crippen LogP contribution in [-0.4, -0.2) is 35.2 Å². The third-order valence-corrected chi connectivity index (χ3v) is 2.51. The Morgan fingerprint density at radius 2 is 1.91 bits per heavy atom. The summed E-state index contributed by atoms with van der Waals surface area (Å²) in [6, 6.07) is 1.23. The van der Waals surface area contributed by atoms with Crippen molar-refractivity contribution in [3.8, 4) is 0 Å². The van der Waals surface area contributed by atoms with Gasteiger partial charge in [0.15, 0.2) is 0 Å². The van der Waals surface area contributed by atoms with E-state index < -0.39 is 0 Å². The molecule has 1 aliphatic rings. The van der Waals surface area contributed by atoms with E-state index in [4.69, 9.17) is 5.11 Å². The molecule has 0 bridgehead atoms. The van der Waals surface area contributed by atoms with E-state index in [0.29, 0.717) is 12.1 Å². The lowest BCUT2D eigenvalue weighted by Crippen LogP contribution is -2.45. The number of rotatable bonds is 2. The fourth-order valence-corrected chi connectivity index (χ4v) is 1.84. The van der Waals surface area contributed by atoms with Crippen molar-refractivity contribution in [2.45, 2.75) is 38.8 Å². The largest absolute Gasteiger partial charge is 0.395 e. The van der Waals surface area contributed by atoms with Crippen molar-refractivity contribution < 1.29 is 5.11 Å². The number of aliphatic hydroxyl groups excluding tert-OH is 1. The van der Waals surface area contributed by atoms with Crippen LogP contribution in [0.1, 0.15) is 26.7 Å². The van der Waals surface area contributed by atoms with Crippen LogP contribution in [0.4, 0.5) is 0 Å². The Balaban J connectivity index is 2.41. The zero-order valence-electron chi connectivity index (χ0n) is 7.45. The summed E-state index contributed by atoms with van der Waals surface area (Å²) in [5.74, 6) is 0. The van der Waals surface area contributed by atoms with Crippen molar-refractivity contribution in [2.75, 3.05) is 13.2 Å². The molecule has 1 saturated heterocycles. The van der Waals surface area contributed by atoms with Crippen LogP contribution in [0.5, 0.6) is 0 Å². The van der Waals surface area contributed by atoms with Gasteiger partial charge in [-0.3, -0.25) is 4.90 Å². The van der Waals surface area contributed by atoms with Gasteiger partial charge >= 0.3 is 0 Å². The molecule has 1 rings (SSSR count). The second-order valence-electron chi connectivity index (χ2n) is 3.42. The van der Waals surface area contributed by atoms with Crippen LogP contribution < -0.4 is 0 Å². The zero-order valence-corrected chi connectivity index (χ0v) is 7.45. The second-order valence-corrected chi connectivity index (χ2v) is 3.42. The molecule has 1 aliphatic heterocycles. The first-order valence-electron chi connectivity index (χ1n) is 4.44. The fraction of sp³-hybridized carbons (Fsp3) is 0.889. The second kappa shape index (κ2) is 4.07. The van der Waals surface area contributed by atoms with Gasteiger partial charge in [0.1, 0.15) is 0 Å². The molecule has 0 aromatic heterocycles. The molecule has 0 spiro atoms. The van der Waals surface area contributed by atoms with Crippen molar-refractivity contribution in [3.63, 3.8) is 0 Å². The normalized spacial score (nSPS) is 34.1. The summed E-state index contributed by atoms with van der Waals surface area (Å²) in [4.78, 5) is 2.38. The van der Waals surface area contributed by atoms with Crippen LogP contribution >= 0.6 is 0 Å². The van der Waals surface area contributed by atoms with Gasteiger partial charge in [0.05, 0.1) is 6.61 Å². The van der Waals surface area contributed by atoms with Crippen molar-refractivity contribution >= 4 is 0 Å². The highest BCUT2D eigenvalue weighted by molar-refractivity contribution is 4.87. The molecule has 0 aliphatic carbocycles. The summed E-state index contributed by atoms with van der Waals surface area (Å²) in [5.41, 5.74) is 0. The van der Waals surface area contributed by atoms with Gasteiger partial charge in [-0.25, -0.2) is 0 Å². The summed E-state index contributed by atoms with van der Waals surface area (Å²) >= 11 is 0. The minimum absolute atomic E-state index is 0.286. The maximum absolute atomic E-state index is 8.80. The van der Waals surface area contributed by atoms with E-state index in [0.717, 1.165) is 6.54 Å². The number of β-amino-alcohol motifs (C(OH)–C–C–N with tert-alkyl or cyclic N) is 1. The van der Waals surface area contributed by atoms with E-state index >= 15 is 0 Å². The van der Waals surface area contributed by atoms with E-state index in [-0.39, 0.29) is 6.61 Å². The first kappa shape index (κ1) is 9.01. The van der Waals surface area contributed by atoms with Crippen molar-refractivity contribution in [2.24, 2.45) is 0 Å². The molecule has 1 radical (unpaired) electrons. The van der Waals surface area contributed by atoms with E-state index in [2.05, 4.69) is 25.2 Å². The van der Waals surface area contributed by atoms with Crippen molar-refractivity contribution in [3.05, 3.63) is 6.42 Å². The van der Waals surface area contributed by atoms with Gasteiger partial charge in [0, 0.05) is 18.6 Å². The molecule has 0 aromatic rings. The molecular weight excluding hydrogens is 138 g/mol. The third kappa shape index (κ3) is 2.17. The standard InChI is InChI=1S/C9H18NO/c1-8-4-3-5-9(2)10(8)6-7-11/h3,8-9,11H,4-7H2,1-2H3. The van der Waals surface area contributed by atoms with Gasteiger partial charge in [0.25, 0.3) is 0 Å². The van der Waals surface area contributed by atoms with Gasteiger partial charge in [-0.2, -0.15) is 0 Å². The van der Waals surface area contributed by atoms with E-state index in [9.17, 15) is 0 Å². The van der Waals surface area contributed by atoms with Crippen LogP contribution in [-0.2, 0) is 0 Å². The molecule has 0 saturated carbocycles. The number of likely N-dealkylation sites (tertiary alicyclic amines) is 1. The van der Waals surface area contributed by atoms with Crippen LogP contribution in [0.2, 0.25) is 0 Å². The maximum atomic E-state index is 8.80. The maximum Gasteiger partial charge on any atom is 0.0558 e. The topological polar surface area (TPSA) is 23.5 Å². The first-order valence-corrected chi connectivity index (χ1v) is 4.44. The predicted octanol–water partition coefficient (Wildman–Crippen LogP) is 1.06. The summed E-state index contributed by atoms with van der Waals surface area (Å²) < 4.78 is 0. The van der Waals surface area contributed by atoms with Gasteiger partial charge in [-0.05, 0) is 33.1 Å². The fourth-order valence-electron chi connectivity index (χ4n) is 1.84. The Morgan fingerprint density at radius 1 is 1.36 bits per heavy atom. The predicted molar refractivity (Wildman–Crippen MR) is 46.2 cm³/mol. The molecular formula is C9H18NO. The molecule has 2 atom stereocenters. The smallest absolute Gasteiger partial charge is 0.0558 e. The summed E-state index contributed by atoms with van der Waals surface area (Å²) in [5, 5.41) is 8.80. The lowest BCUT2D eigenvalue weighted by Gasteiger charge is -2.38. The van der Waals surface area contributed by atoms with Gasteiger partial charge < -0.3 is 5.11 Å². The molecule has 1 heterocycles. The molecule has 11 heavy (non-hydrogen) atoms. The van der Waals surface area contributed by atoms with Crippen LogP contribution in [0.25, 0.3) is 0 Å². The average Bonchev–Trinajstić information content (AvgIpc) is 1.97. The molecule has 0 amide bonds. The molecule has 1 fully saturated rings. The highest BCUT2D eigenvalue weighted by atomic mass is 16.3. The van der Waals surface area contributed by atoms with E-state index in [1.165, 1.54) is 12.8 Å². The summed E-state index contributed by atoms with van der Waals surface area (Å²) in [6.07, 6.45) is 4.69. The zero-order chi connectivity index (χ0) is 8.27. The van der Waals surface area contributed by atoms with Crippen molar-refractivity contribution in [1.82, 2.24) is 4.90 Å². The van der Waals surface area contributed by atoms with Crippen LogP contribution in [0.15, 0.2) is 0 Å². The van der Waals surface area contributed by atoms with Gasteiger partial charge in [-0.15, -0.1) is 0 Å². The molecule has 0 aromatic carbocycles. The van der Waals surface area contributed by atoms with E-state index in [1.807, 2.05) is 0 Å². The number of piperidine rings is 1. The molecule has 2 nitrogen and oxygen atoms in total. The van der Waals surface area contributed by atoms with Gasteiger partial charge in [0.2, 0.25) is 0 Å². The highest BCUT2D eigenvalue weighted by Crippen LogP contribution is 2.20. The summed E-state index contributed by atoms with van der Waals surface area (Å²) in [6.45, 7) is 5.56. The molecule has 2 unspecified atom stereocenters. The highest BCUT2D eigenvalue weighted by Gasteiger charge is 2.23. The molecule has 1 N–H and O–H groups in total. The number of aliphatic hydroxyl groups is 1. The lowest BCUT2D eigenvalue weighted by atomic mass is 9.98. The Kier molecular flexibility index (Phi) is 3.34. The number of nitrogens with zero attached hydrogens (tertiary/aromatic N) is 1. The minimum atomic E-state index is 0.286. The SMILES string of the molecule is CC1C[CH]CC(C)N1CCO. The number of hydrogen-bond donors (Lipinski definition) is 1. The van der Waals surface area contributed by atoms with Gasteiger partial charge in [-0.1, -0.05) is 0 Å². The Labute approximate surface area is 69.2 Å². The molecule has 2 heteroatoms. The van der Waals surface area contributed by atoms with Crippen molar-refractivity contribution in [1.29, 1.82) is 0 Å². The molecule has 65 valence electrons. The number of hydrogen-bond acceptors (Lipinski definition) is 2. The monoisotopic (exact) mass is 156 g/mol. The lowest BCUT2D eigenvalue weighted by molar-refractivity contribution is 0.0978. The van der Waals surface area contributed by atoms with Crippen LogP contribution in [0.3, 0.4) is 0 Å². The average molecular weight is 156 g/mol. The summed E-state index contributed by atoms with van der Waals surface area (Å²) in [7, 11) is 0. The quantitative estimate of drug-likeness (QED) is 0.646. The Bertz CT molecular complexity index is 106.